The fourth-order valence-electron chi connectivity index (χ4n) is 2.52. The molecule has 2 N–H and O–H groups in total. The van der Waals surface area contributed by atoms with Gasteiger partial charge >= 0.3 is 0 Å². The normalized spacial score (nSPS) is 10.6. The van der Waals surface area contributed by atoms with Gasteiger partial charge in [-0.15, -0.1) is 0 Å². The average Bonchev–Trinajstić information content (AvgIpc) is 3.00. The lowest BCUT2D eigenvalue weighted by atomic mass is 10.1. The van der Waals surface area contributed by atoms with Crippen LogP contribution in [0.3, 0.4) is 0 Å². The predicted molar refractivity (Wildman–Crippen MR) is 98.8 cm³/mol. The number of aryl methyl sites for hydroxylation is 2. The van der Waals surface area contributed by atoms with Gasteiger partial charge in [0.1, 0.15) is 0 Å². The molecule has 7 nitrogen and oxygen atoms in total. The highest BCUT2D eigenvalue weighted by Gasteiger charge is 2.16. The number of ether oxygens (including phenoxy) is 1. The van der Waals surface area contributed by atoms with E-state index in [-0.39, 0.29) is 17.4 Å². The number of amides is 1. The van der Waals surface area contributed by atoms with E-state index in [1.54, 1.807) is 49.0 Å². The van der Waals surface area contributed by atoms with Crippen LogP contribution in [0.5, 0.6) is 11.5 Å². The topological polar surface area (TPSA) is 89.3 Å². The van der Waals surface area contributed by atoms with Gasteiger partial charge in [0.2, 0.25) is 0 Å². The molecule has 8 heteroatoms. The molecule has 0 aliphatic heterocycles. The van der Waals surface area contributed by atoms with Crippen LogP contribution in [0.1, 0.15) is 16.2 Å². The predicted octanol–water partition coefficient (Wildman–Crippen LogP) is 3.41. The Bertz CT molecular complexity index is 985. The van der Waals surface area contributed by atoms with Gasteiger partial charge in [0, 0.05) is 18.8 Å². The number of rotatable bonds is 4. The maximum absolute atomic E-state index is 12.5. The van der Waals surface area contributed by atoms with E-state index in [9.17, 15) is 9.90 Å². The average molecular weight is 373 g/mol. The third-order valence-electron chi connectivity index (χ3n) is 3.89. The van der Waals surface area contributed by atoms with Crippen LogP contribution in [0.4, 0.5) is 5.69 Å². The number of pyridine rings is 1. The summed E-state index contributed by atoms with van der Waals surface area (Å²) in [5.41, 5.74) is 2.79. The van der Waals surface area contributed by atoms with Crippen molar-refractivity contribution in [3.8, 4) is 22.8 Å². The summed E-state index contributed by atoms with van der Waals surface area (Å²) in [6.07, 6.45) is 1.52. The van der Waals surface area contributed by atoms with Gasteiger partial charge in [-0.1, -0.05) is 11.6 Å². The second-order valence-corrected chi connectivity index (χ2v) is 6.10. The SMILES string of the molecule is COc1ccc(-c2cc(C(=O)Nc3cc(Cl)cnc3C)nn2C)cc1O. The van der Waals surface area contributed by atoms with Crippen molar-refractivity contribution in [1.29, 1.82) is 0 Å². The quantitative estimate of drug-likeness (QED) is 0.732. The van der Waals surface area contributed by atoms with E-state index in [1.165, 1.54) is 13.3 Å². The van der Waals surface area contributed by atoms with Crippen molar-refractivity contribution in [1.82, 2.24) is 14.8 Å². The van der Waals surface area contributed by atoms with E-state index in [4.69, 9.17) is 16.3 Å². The van der Waals surface area contributed by atoms with Gasteiger partial charge in [0.05, 0.1) is 29.2 Å². The first kappa shape index (κ1) is 17.8. The van der Waals surface area contributed by atoms with Crippen molar-refractivity contribution in [3.05, 3.63) is 52.9 Å². The summed E-state index contributed by atoms with van der Waals surface area (Å²) >= 11 is 5.93. The number of carbonyl (C=O) groups is 1. The van der Waals surface area contributed by atoms with Crippen molar-refractivity contribution in [3.63, 3.8) is 0 Å². The molecule has 0 fully saturated rings. The fraction of sp³-hybridized carbons (Fsp3) is 0.167. The molecule has 0 bridgehead atoms. The molecule has 3 aromatic rings. The van der Waals surface area contributed by atoms with E-state index in [0.717, 1.165) is 0 Å². The first-order chi connectivity index (χ1) is 12.4. The molecular weight excluding hydrogens is 356 g/mol. The lowest BCUT2D eigenvalue weighted by Gasteiger charge is -2.06. The summed E-state index contributed by atoms with van der Waals surface area (Å²) in [7, 11) is 3.20. The zero-order valence-electron chi connectivity index (χ0n) is 14.4. The Hall–Kier alpha value is -3.06. The zero-order valence-corrected chi connectivity index (χ0v) is 15.2. The van der Waals surface area contributed by atoms with Crippen LogP contribution < -0.4 is 10.1 Å². The van der Waals surface area contributed by atoms with Crippen LogP contribution in [0.2, 0.25) is 5.02 Å². The molecule has 3 rings (SSSR count). The molecule has 1 amide bonds. The number of anilines is 1. The standard InChI is InChI=1S/C18H17ClN4O3/c1-10-13(7-12(19)9-20-10)21-18(25)14-8-15(23(2)22-14)11-4-5-17(26-3)16(24)6-11/h4-9,24H,1-3H3,(H,21,25). The van der Waals surface area contributed by atoms with Crippen LogP contribution in [0.15, 0.2) is 36.5 Å². The third-order valence-corrected chi connectivity index (χ3v) is 4.10. The molecule has 0 aliphatic carbocycles. The molecule has 0 aliphatic rings. The number of nitrogens with one attached hydrogen (secondary N) is 1. The minimum Gasteiger partial charge on any atom is -0.504 e. The molecule has 2 heterocycles. The number of aromatic nitrogens is 3. The van der Waals surface area contributed by atoms with Crippen molar-refractivity contribution >= 4 is 23.2 Å². The van der Waals surface area contributed by atoms with Gasteiger partial charge in [0.25, 0.3) is 5.91 Å². The summed E-state index contributed by atoms with van der Waals surface area (Å²) < 4.78 is 6.61. The molecule has 0 saturated heterocycles. The number of carbonyl (C=O) groups excluding carboxylic acids is 1. The number of benzene rings is 1. The minimum absolute atomic E-state index is 0.0119. The Morgan fingerprint density at radius 3 is 2.77 bits per heavy atom. The van der Waals surface area contributed by atoms with Gasteiger partial charge in [-0.3, -0.25) is 14.5 Å². The van der Waals surface area contributed by atoms with Crippen molar-refractivity contribution < 1.29 is 14.6 Å². The Balaban J connectivity index is 1.89. The number of hydrogen-bond donors (Lipinski definition) is 2. The number of nitrogens with zero attached hydrogens (tertiary/aromatic N) is 3. The lowest BCUT2D eigenvalue weighted by molar-refractivity contribution is 0.102. The summed E-state index contributed by atoms with van der Waals surface area (Å²) in [6.45, 7) is 1.77. The number of phenols is 1. The van der Waals surface area contributed by atoms with Crippen LogP contribution in [0, 0.1) is 6.92 Å². The Kier molecular flexibility index (Phi) is 4.81. The summed E-state index contributed by atoms with van der Waals surface area (Å²) in [5, 5.41) is 17.4. The van der Waals surface area contributed by atoms with E-state index in [1.807, 2.05) is 0 Å². The fourth-order valence-corrected chi connectivity index (χ4v) is 2.68. The van der Waals surface area contributed by atoms with Gasteiger partial charge in [-0.25, -0.2) is 0 Å². The van der Waals surface area contributed by atoms with Crippen molar-refractivity contribution in [2.24, 2.45) is 7.05 Å². The van der Waals surface area contributed by atoms with E-state index in [2.05, 4.69) is 15.4 Å². The highest BCUT2D eigenvalue weighted by Crippen LogP contribution is 2.31. The zero-order chi connectivity index (χ0) is 18.8. The van der Waals surface area contributed by atoms with Crippen LogP contribution in [-0.2, 0) is 7.05 Å². The third kappa shape index (κ3) is 3.48. The number of phenolic OH excluding ortho intramolecular Hbond substituents is 1. The number of hydrogen-bond acceptors (Lipinski definition) is 5. The van der Waals surface area contributed by atoms with E-state index >= 15 is 0 Å². The number of methoxy groups -OCH3 is 1. The summed E-state index contributed by atoms with van der Waals surface area (Å²) in [6, 6.07) is 8.26. The largest absolute Gasteiger partial charge is 0.504 e. The van der Waals surface area contributed by atoms with Crippen molar-refractivity contribution in [2.45, 2.75) is 6.92 Å². The first-order valence-corrected chi connectivity index (χ1v) is 8.11. The van der Waals surface area contributed by atoms with Crippen LogP contribution in [-0.4, -0.2) is 32.9 Å². The highest BCUT2D eigenvalue weighted by molar-refractivity contribution is 6.30. The van der Waals surface area contributed by atoms with Crippen molar-refractivity contribution in [2.75, 3.05) is 12.4 Å². The second-order valence-electron chi connectivity index (χ2n) is 5.67. The first-order valence-electron chi connectivity index (χ1n) is 7.74. The Morgan fingerprint density at radius 1 is 1.31 bits per heavy atom. The molecule has 0 spiro atoms. The monoisotopic (exact) mass is 372 g/mol. The van der Waals surface area contributed by atoms with Gasteiger partial charge in [-0.2, -0.15) is 5.10 Å². The molecule has 0 atom stereocenters. The van der Waals surface area contributed by atoms with Gasteiger partial charge in [-0.05, 0) is 37.3 Å². The summed E-state index contributed by atoms with van der Waals surface area (Å²) in [5.74, 6) is 0.00685. The molecule has 0 saturated carbocycles. The van der Waals surface area contributed by atoms with Crippen LogP contribution >= 0.6 is 11.6 Å². The maximum atomic E-state index is 12.5. The van der Waals surface area contributed by atoms with Gasteiger partial charge < -0.3 is 15.2 Å². The summed E-state index contributed by atoms with van der Waals surface area (Å²) in [4.78, 5) is 16.6. The molecule has 0 unspecified atom stereocenters. The Labute approximate surface area is 155 Å². The smallest absolute Gasteiger partial charge is 0.276 e. The van der Waals surface area contributed by atoms with Gasteiger partial charge in [0.15, 0.2) is 17.2 Å². The molecular formula is C18H17ClN4O3. The number of halogens is 1. The molecule has 26 heavy (non-hydrogen) atoms. The molecule has 1 aromatic carbocycles. The number of aromatic hydroxyl groups is 1. The second kappa shape index (κ2) is 7.05. The van der Waals surface area contributed by atoms with E-state index in [0.29, 0.717) is 33.4 Å². The minimum atomic E-state index is -0.378. The van der Waals surface area contributed by atoms with Crippen LogP contribution in [0.25, 0.3) is 11.3 Å². The lowest BCUT2D eigenvalue weighted by Crippen LogP contribution is -2.14. The molecule has 2 aromatic heterocycles. The molecule has 134 valence electrons. The maximum Gasteiger partial charge on any atom is 0.276 e. The Morgan fingerprint density at radius 2 is 2.08 bits per heavy atom. The molecule has 0 radical (unpaired) electrons. The highest BCUT2D eigenvalue weighted by atomic mass is 35.5. The van der Waals surface area contributed by atoms with E-state index < -0.39 is 0 Å².